The number of carbonyl (C=O) groups excluding carboxylic acids is 2. The standard InChI is InChI=1S/C25H34N2O2/c1-18(2)17-26-25(29)21(5)27(14-13-22-9-7-6-8-10-22)24(28)16-23-12-11-19(3)20(4)15-23/h6-12,15,18,21H,13-14,16-17H2,1-5H3,(H,26,29)/t21-/m1/s1. The van der Waals surface area contributed by atoms with Crippen molar-refractivity contribution in [2.24, 2.45) is 5.92 Å². The molecule has 1 N–H and O–H groups in total. The summed E-state index contributed by atoms with van der Waals surface area (Å²) in [4.78, 5) is 27.5. The van der Waals surface area contributed by atoms with Gasteiger partial charge >= 0.3 is 0 Å². The Kier molecular flexibility index (Phi) is 8.44. The van der Waals surface area contributed by atoms with Crippen LogP contribution in [0.4, 0.5) is 0 Å². The molecule has 1 atom stereocenters. The molecule has 2 amide bonds. The third-order valence-electron chi connectivity index (χ3n) is 5.26. The van der Waals surface area contributed by atoms with Crippen molar-refractivity contribution in [2.45, 2.75) is 53.5 Å². The van der Waals surface area contributed by atoms with Crippen LogP contribution in [0.2, 0.25) is 0 Å². The molecule has 0 spiro atoms. The van der Waals surface area contributed by atoms with Crippen molar-refractivity contribution in [3.8, 4) is 0 Å². The van der Waals surface area contributed by atoms with E-state index in [-0.39, 0.29) is 11.8 Å². The first-order valence-corrected chi connectivity index (χ1v) is 10.4. The monoisotopic (exact) mass is 394 g/mol. The molecule has 0 heterocycles. The van der Waals surface area contributed by atoms with Crippen LogP contribution < -0.4 is 5.32 Å². The third kappa shape index (κ3) is 7.04. The van der Waals surface area contributed by atoms with Gasteiger partial charge in [-0.3, -0.25) is 9.59 Å². The van der Waals surface area contributed by atoms with E-state index in [1.165, 1.54) is 11.1 Å². The van der Waals surface area contributed by atoms with E-state index in [9.17, 15) is 9.59 Å². The lowest BCUT2D eigenvalue weighted by Crippen LogP contribution is -2.49. The highest BCUT2D eigenvalue weighted by molar-refractivity contribution is 5.88. The highest BCUT2D eigenvalue weighted by Crippen LogP contribution is 2.13. The lowest BCUT2D eigenvalue weighted by atomic mass is 10.0. The van der Waals surface area contributed by atoms with Gasteiger partial charge in [-0.25, -0.2) is 0 Å². The summed E-state index contributed by atoms with van der Waals surface area (Å²) in [5, 5.41) is 2.96. The molecule has 0 bridgehead atoms. The van der Waals surface area contributed by atoms with Crippen LogP contribution >= 0.6 is 0 Å². The summed E-state index contributed by atoms with van der Waals surface area (Å²) in [6.07, 6.45) is 1.03. The second-order valence-electron chi connectivity index (χ2n) is 8.23. The average molecular weight is 395 g/mol. The topological polar surface area (TPSA) is 49.4 Å². The minimum atomic E-state index is -0.503. The molecule has 0 aromatic heterocycles. The summed E-state index contributed by atoms with van der Waals surface area (Å²) in [6, 6.07) is 15.7. The van der Waals surface area contributed by atoms with Gasteiger partial charge in [-0.1, -0.05) is 62.4 Å². The second-order valence-corrected chi connectivity index (χ2v) is 8.23. The number of aryl methyl sites for hydroxylation is 2. The van der Waals surface area contributed by atoms with Crippen LogP contribution in [0.1, 0.15) is 43.0 Å². The Hall–Kier alpha value is -2.62. The summed E-state index contributed by atoms with van der Waals surface area (Å²) < 4.78 is 0. The fourth-order valence-corrected chi connectivity index (χ4v) is 3.21. The van der Waals surface area contributed by atoms with E-state index in [1.54, 1.807) is 4.90 Å². The molecule has 0 aliphatic carbocycles. The van der Waals surface area contributed by atoms with Crippen molar-refractivity contribution in [3.63, 3.8) is 0 Å². The lowest BCUT2D eigenvalue weighted by molar-refractivity contribution is -0.139. The molecular weight excluding hydrogens is 360 g/mol. The highest BCUT2D eigenvalue weighted by Gasteiger charge is 2.25. The van der Waals surface area contributed by atoms with Gasteiger partial charge in [0.15, 0.2) is 0 Å². The summed E-state index contributed by atoms with van der Waals surface area (Å²) >= 11 is 0. The van der Waals surface area contributed by atoms with Crippen molar-refractivity contribution >= 4 is 11.8 Å². The van der Waals surface area contributed by atoms with E-state index >= 15 is 0 Å². The van der Waals surface area contributed by atoms with Gasteiger partial charge < -0.3 is 10.2 Å². The van der Waals surface area contributed by atoms with Gasteiger partial charge in [-0.05, 0) is 55.4 Å². The highest BCUT2D eigenvalue weighted by atomic mass is 16.2. The summed E-state index contributed by atoms with van der Waals surface area (Å²) in [5.74, 6) is 0.256. The number of carbonyl (C=O) groups is 2. The third-order valence-corrected chi connectivity index (χ3v) is 5.26. The molecule has 4 heteroatoms. The van der Waals surface area contributed by atoms with Gasteiger partial charge in [0.1, 0.15) is 6.04 Å². The molecule has 4 nitrogen and oxygen atoms in total. The van der Waals surface area contributed by atoms with E-state index in [0.717, 1.165) is 17.5 Å². The first kappa shape index (κ1) is 22.7. The van der Waals surface area contributed by atoms with Crippen LogP contribution in [-0.2, 0) is 22.4 Å². The zero-order chi connectivity index (χ0) is 21.4. The Labute approximate surface area is 175 Å². The van der Waals surface area contributed by atoms with Crippen LogP contribution in [0.15, 0.2) is 48.5 Å². The summed E-state index contributed by atoms with van der Waals surface area (Å²) in [6.45, 7) is 11.2. The number of rotatable bonds is 9. The molecule has 0 aliphatic rings. The van der Waals surface area contributed by atoms with E-state index in [0.29, 0.717) is 25.4 Å². The number of nitrogens with one attached hydrogen (secondary N) is 1. The van der Waals surface area contributed by atoms with Crippen molar-refractivity contribution in [2.75, 3.05) is 13.1 Å². The molecule has 0 saturated carbocycles. The van der Waals surface area contributed by atoms with E-state index in [4.69, 9.17) is 0 Å². The van der Waals surface area contributed by atoms with Crippen LogP contribution in [0.3, 0.4) is 0 Å². The molecule has 0 unspecified atom stereocenters. The summed E-state index contributed by atoms with van der Waals surface area (Å²) in [5.41, 5.74) is 4.53. The average Bonchev–Trinajstić information content (AvgIpc) is 2.69. The van der Waals surface area contributed by atoms with E-state index < -0.39 is 6.04 Å². The molecule has 29 heavy (non-hydrogen) atoms. The molecular formula is C25H34N2O2. The first-order valence-electron chi connectivity index (χ1n) is 10.4. The predicted octanol–water partition coefficient (Wildman–Crippen LogP) is 4.08. The Morgan fingerprint density at radius 3 is 2.24 bits per heavy atom. The Morgan fingerprint density at radius 2 is 1.62 bits per heavy atom. The minimum absolute atomic E-state index is 0.0172. The first-order chi connectivity index (χ1) is 13.8. The molecule has 0 radical (unpaired) electrons. The Bertz CT molecular complexity index is 815. The number of nitrogens with zero attached hydrogens (tertiary/aromatic N) is 1. The quantitative estimate of drug-likeness (QED) is 0.697. The molecule has 2 aromatic rings. The normalized spacial score (nSPS) is 11.9. The fraction of sp³-hybridized carbons (Fsp3) is 0.440. The van der Waals surface area contributed by atoms with Gasteiger partial charge in [-0.15, -0.1) is 0 Å². The Morgan fingerprint density at radius 1 is 0.931 bits per heavy atom. The van der Waals surface area contributed by atoms with Crippen molar-refractivity contribution in [3.05, 3.63) is 70.8 Å². The zero-order valence-corrected chi connectivity index (χ0v) is 18.4. The van der Waals surface area contributed by atoms with Gasteiger partial charge in [0.2, 0.25) is 11.8 Å². The maximum absolute atomic E-state index is 13.2. The second kappa shape index (κ2) is 10.8. The number of benzene rings is 2. The molecule has 156 valence electrons. The maximum Gasteiger partial charge on any atom is 0.242 e. The molecule has 2 rings (SSSR count). The number of hydrogen-bond donors (Lipinski definition) is 1. The molecule has 0 aliphatic heterocycles. The van der Waals surface area contributed by atoms with Crippen LogP contribution in [0, 0.1) is 19.8 Å². The lowest BCUT2D eigenvalue weighted by Gasteiger charge is -2.29. The SMILES string of the molecule is Cc1ccc(CC(=O)N(CCc2ccccc2)[C@H](C)C(=O)NCC(C)C)cc1C. The number of hydrogen-bond acceptors (Lipinski definition) is 2. The van der Waals surface area contributed by atoms with Crippen molar-refractivity contribution in [1.29, 1.82) is 0 Å². The molecule has 2 aromatic carbocycles. The van der Waals surface area contributed by atoms with Crippen molar-refractivity contribution < 1.29 is 9.59 Å². The van der Waals surface area contributed by atoms with Gasteiger partial charge in [0.25, 0.3) is 0 Å². The van der Waals surface area contributed by atoms with Crippen LogP contribution in [0.25, 0.3) is 0 Å². The molecule has 0 saturated heterocycles. The Balaban J connectivity index is 2.13. The van der Waals surface area contributed by atoms with Gasteiger partial charge in [0.05, 0.1) is 6.42 Å². The van der Waals surface area contributed by atoms with Crippen LogP contribution in [-0.4, -0.2) is 35.8 Å². The largest absolute Gasteiger partial charge is 0.354 e. The molecule has 0 fully saturated rings. The fourth-order valence-electron chi connectivity index (χ4n) is 3.21. The maximum atomic E-state index is 13.2. The zero-order valence-electron chi connectivity index (χ0n) is 18.4. The van der Waals surface area contributed by atoms with Gasteiger partial charge in [0, 0.05) is 13.1 Å². The van der Waals surface area contributed by atoms with Crippen LogP contribution in [0.5, 0.6) is 0 Å². The van der Waals surface area contributed by atoms with Gasteiger partial charge in [-0.2, -0.15) is 0 Å². The van der Waals surface area contributed by atoms with E-state index in [2.05, 4.69) is 51.2 Å². The van der Waals surface area contributed by atoms with E-state index in [1.807, 2.05) is 37.3 Å². The predicted molar refractivity (Wildman–Crippen MR) is 119 cm³/mol. The summed E-state index contributed by atoms with van der Waals surface area (Å²) in [7, 11) is 0. The number of amides is 2. The minimum Gasteiger partial charge on any atom is -0.354 e. The van der Waals surface area contributed by atoms with Crippen molar-refractivity contribution in [1.82, 2.24) is 10.2 Å². The smallest absolute Gasteiger partial charge is 0.242 e.